The van der Waals surface area contributed by atoms with Crippen molar-refractivity contribution in [2.24, 2.45) is 5.92 Å². The zero-order valence-electron chi connectivity index (χ0n) is 11.1. The average molecular weight is 260 g/mol. The third-order valence-electron chi connectivity index (χ3n) is 3.20. The molecule has 0 aliphatic heterocycles. The molecule has 19 heavy (non-hydrogen) atoms. The monoisotopic (exact) mass is 260 g/mol. The number of hydrogen-bond acceptors (Lipinski definition) is 3. The van der Waals surface area contributed by atoms with E-state index in [-0.39, 0.29) is 12.5 Å². The van der Waals surface area contributed by atoms with Gasteiger partial charge in [-0.25, -0.2) is 4.98 Å². The summed E-state index contributed by atoms with van der Waals surface area (Å²) < 4.78 is 1.91. The van der Waals surface area contributed by atoms with Crippen LogP contribution in [-0.4, -0.2) is 26.4 Å². The summed E-state index contributed by atoms with van der Waals surface area (Å²) in [6.07, 6.45) is 3.75. The van der Waals surface area contributed by atoms with Gasteiger partial charge in [-0.1, -0.05) is 30.3 Å². The van der Waals surface area contributed by atoms with Crippen molar-refractivity contribution >= 4 is 0 Å². The van der Waals surface area contributed by atoms with Gasteiger partial charge in [-0.15, -0.1) is 0 Å². The van der Waals surface area contributed by atoms with Crippen molar-refractivity contribution < 1.29 is 10.2 Å². The summed E-state index contributed by atoms with van der Waals surface area (Å²) in [5, 5.41) is 19.1. The van der Waals surface area contributed by atoms with E-state index < -0.39 is 6.10 Å². The van der Waals surface area contributed by atoms with Gasteiger partial charge >= 0.3 is 0 Å². The Hall–Kier alpha value is -1.65. The SMILES string of the molecule is CC(O)c1nccn1CC(CO)Cc1ccccc1. The van der Waals surface area contributed by atoms with E-state index in [9.17, 15) is 10.2 Å². The number of benzene rings is 1. The zero-order chi connectivity index (χ0) is 13.7. The summed E-state index contributed by atoms with van der Waals surface area (Å²) in [7, 11) is 0. The van der Waals surface area contributed by atoms with Crippen molar-refractivity contribution in [1.29, 1.82) is 0 Å². The Morgan fingerprint density at radius 3 is 2.63 bits per heavy atom. The molecule has 2 unspecified atom stereocenters. The largest absolute Gasteiger partial charge is 0.396 e. The third kappa shape index (κ3) is 3.66. The molecule has 4 nitrogen and oxygen atoms in total. The van der Waals surface area contributed by atoms with Crippen LogP contribution in [0.25, 0.3) is 0 Å². The summed E-state index contributed by atoms with van der Waals surface area (Å²) in [4.78, 5) is 4.14. The van der Waals surface area contributed by atoms with E-state index in [0.29, 0.717) is 12.4 Å². The fraction of sp³-hybridized carbons (Fsp3) is 0.400. The van der Waals surface area contributed by atoms with Gasteiger partial charge in [-0.05, 0) is 18.9 Å². The van der Waals surface area contributed by atoms with Gasteiger partial charge in [0.25, 0.3) is 0 Å². The molecule has 0 fully saturated rings. The van der Waals surface area contributed by atoms with Crippen molar-refractivity contribution in [3.05, 3.63) is 54.1 Å². The van der Waals surface area contributed by atoms with Crippen LogP contribution in [-0.2, 0) is 13.0 Å². The van der Waals surface area contributed by atoms with Crippen LogP contribution in [0.4, 0.5) is 0 Å². The van der Waals surface area contributed by atoms with Gasteiger partial charge in [0, 0.05) is 31.5 Å². The van der Waals surface area contributed by atoms with E-state index in [1.807, 2.05) is 29.0 Å². The smallest absolute Gasteiger partial charge is 0.137 e. The summed E-state index contributed by atoms with van der Waals surface area (Å²) in [5.41, 5.74) is 1.21. The molecular weight excluding hydrogens is 240 g/mol. The quantitative estimate of drug-likeness (QED) is 0.832. The first kappa shape index (κ1) is 13.8. The molecule has 0 aliphatic rings. The standard InChI is InChI=1S/C15H20N2O2/c1-12(19)15-16-7-8-17(15)10-14(11-18)9-13-5-3-2-4-6-13/h2-8,12,14,18-19H,9-11H2,1H3. The summed E-state index contributed by atoms with van der Waals surface area (Å²) in [5.74, 6) is 0.764. The summed E-state index contributed by atoms with van der Waals surface area (Å²) in [6.45, 7) is 2.47. The maximum absolute atomic E-state index is 9.62. The first-order valence-electron chi connectivity index (χ1n) is 6.54. The lowest BCUT2D eigenvalue weighted by molar-refractivity contribution is 0.173. The molecule has 2 N–H and O–H groups in total. The van der Waals surface area contributed by atoms with E-state index in [1.165, 1.54) is 5.56 Å². The lowest BCUT2D eigenvalue weighted by Gasteiger charge is -2.17. The lowest BCUT2D eigenvalue weighted by atomic mass is 10.00. The van der Waals surface area contributed by atoms with Crippen LogP contribution in [0.15, 0.2) is 42.7 Å². The Morgan fingerprint density at radius 2 is 2.00 bits per heavy atom. The second-order valence-corrected chi connectivity index (χ2v) is 4.85. The summed E-state index contributed by atoms with van der Waals surface area (Å²) >= 11 is 0. The fourth-order valence-electron chi connectivity index (χ4n) is 2.26. The van der Waals surface area contributed by atoms with E-state index in [0.717, 1.165) is 6.42 Å². The Bertz CT molecular complexity index is 494. The first-order valence-corrected chi connectivity index (χ1v) is 6.54. The molecule has 0 bridgehead atoms. The molecule has 4 heteroatoms. The predicted octanol–water partition coefficient (Wildman–Crippen LogP) is 1.79. The number of hydrogen-bond donors (Lipinski definition) is 2. The number of rotatable bonds is 6. The molecule has 0 saturated heterocycles. The van der Waals surface area contributed by atoms with Crippen LogP contribution in [0.5, 0.6) is 0 Å². The Kier molecular flexibility index (Phi) is 4.71. The number of aromatic nitrogens is 2. The van der Waals surface area contributed by atoms with Gasteiger partial charge in [0.05, 0.1) is 0 Å². The number of aliphatic hydroxyl groups excluding tert-OH is 2. The van der Waals surface area contributed by atoms with Crippen LogP contribution in [0.1, 0.15) is 24.4 Å². The molecule has 1 aromatic heterocycles. The van der Waals surface area contributed by atoms with Crippen molar-refractivity contribution in [2.45, 2.75) is 26.0 Å². The molecule has 2 rings (SSSR count). The van der Waals surface area contributed by atoms with Gasteiger partial charge in [-0.2, -0.15) is 0 Å². The third-order valence-corrected chi connectivity index (χ3v) is 3.20. The van der Waals surface area contributed by atoms with E-state index in [1.54, 1.807) is 13.1 Å². The summed E-state index contributed by atoms with van der Waals surface area (Å²) in [6, 6.07) is 10.1. The first-order chi connectivity index (χ1) is 9.20. The van der Waals surface area contributed by atoms with E-state index in [2.05, 4.69) is 17.1 Å². The minimum absolute atomic E-state index is 0.117. The van der Waals surface area contributed by atoms with E-state index >= 15 is 0 Å². The predicted molar refractivity (Wildman–Crippen MR) is 73.6 cm³/mol. The minimum atomic E-state index is -0.592. The maximum atomic E-state index is 9.62. The highest BCUT2D eigenvalue weighted by Crippen LogP contribution is 2.15. The molecule has 0 radical (unpaired) electrons. The van der Waals surface area contributed by atoms with Crippen molar-refractivity contribution in [3.8, 4) is 0 Å². The molecule has 102 valence electrons. The number of imidazole rings is 1. The fourth-order valence-corrected chi connectivity index (χ4v) is 2.26. The highest BCUT2D eigenvalue weighted by atomic mass is 16.3. The zero-order valence-corrected chi connectivity index (χ0v) is 11.1. The van der Waals surface area contributed by atoms with Crippen LogP contribution in [0.2, 0.25) is 0 Å². The van der Waals surface area contributed by atoms with Crippen molar-refractivity contribution in [3.63, 3.8) is 0 Å². The topological polar surface area (TPSA) is 58.3 Å². The van der Waals surface area contributed by atoms with Crippen LogP contribution in [0.3, 0.4) is 0 Å². The van der Waals surface area contributed by atoms with Crippen LogP contribution < -0.4 is 0 Å². The van der Waals surface area contributed by atoms with Gasteiger partial charge < -0.3 is 14.8 Å². The molecular formula is C15H20N2O2. The number of aliphatic hydroxyl groups is 2. The van der Waals surface area contributed by atoms with Crippen LogP contribution >= 0.6 is 0 Å². The molecule has 1 aromatic carbocycles. The van der Waals surface area contributed by atoms with Gasteiger partial charge in [0.15, 0.2) is 0 Å². The molecule has 0 saturated carbocycles. The van der Waals surface area contributed by atoms with Gasteiger partial charge in [0.2, 0.25) is 0 Å². The molecule has 2 atom stereocenters. The Labute approximate surface area is 113 Å². The maximum Gasteiger partial charge on any atom is 0.137 e. The Morgan fingerprint density at radius 1 is 1.26 bits per heavy atom. The van der Waals surface area contributed by atoms with Crippen LogP contribution in [0, 0.1) is 5.92 Å². The minimum Gasteiger partial charge on any atom is -0.396 e. The molecule has 0 aliphatic carbocycles. The average Bonchev–Trinajstić information content (AvgIpc) is 2.87. The van der Waals surface area contributed by atoms with Gasteiger partial charge in [0.1, 0.15) is 11.9 Å². The second-order valence-electron chi connectivity index (χ2n) is 4.85. The molecule has 1 heterocycles. The highest BCUT2D eigenvalue weighted by Gasteiger charge is 2.14. The lowest BCUT2D eigenvalue weighted by Crippen LogP contribution is -2.19. The number of nitrogens with zero attached hydrogens (tertiary/aromatic N) is 2. The second kappa shape index (κ2) is 6.50. The molecule has 2 aromatic rings. The Balaban J connectivity index is 2.05. The van der Waals surface area contributed by atoms with Gasteiger partial charge in [-0.3, -0.25) is 0 Å². The normalized spacial score (nSPS) is 14.3. The van der Waals surface area contributed by atoms with Crippen molar-refractivity contribution in [2.75, 3.05) is 6.61 Å². The highest BCUT2D eigenvalue weighted by molar-refractivity contribution is 5.15. The molecule has 0 spiro atoms. The molecule has 0 amide bonds. The van der Waals surface area contributed by atoms with E-state index in [4.69, 9.17) is 0 Å². The van der Waals surface area contributed by atoms with Crippen molar-refractivity contribution in [1.82, 2.24) is 9.55 Å².